The van der Waals surface area contributed by atoms with Crippen LogP contribution in [0, 0.1) is 5.92 Å². The van der Waals surface area contributed by atoms with Crippen LogP contribution in [-0.2, 0) is 0 Å². The molecule has 1 aliphatic rings. The molecular formula is C15H23N3O2. The van der Waals surface area contributed by atoms with E-state index in [4.69, 9.17) is 10.5 Å². The van der Waals surface area contributed by atoms with Crippen LogP contribution in [0.4, 0.5) is 0 Å². The smallest absolute Gasteiger partial charge is 0.265 e. The Kier molecular flexibility index (Phi) is 5.38. The summed E-state index contributed by atoms with van der Waals surface area (Å²) in [5, 5.41) is 0. The minimum Gasteiger partial charge on any atom is -0.497 e. The van der Waals surface area contributed by atoms with E-state index in [2.05, 4.69) is 10.9 Å². The third-order valence-electron chi connectivity index (χ3n) is 3.84. The maximum absolute atomic E-state index is 11.9. The molecule has 1 aliphatic carbocycles. The number of nitrogens with two attached hydrogens (primary N) is 1. The first-order chi connectivity index (χ1) is 9.69. The number of hydrogen-bond acceptors (Lipinski definition) is 4. The topological polar surface area (TPSA) is 76.4 Å². The minimum absolute atomic E-state index is 0.125. The van der Waals surface area contributed by atoms with Crippen molar-refractivity contribution in [2.24, 2.45) is 11.7 Å². The first-order valence-electron chi connectivity index (χ1n) is 7.12. The van der Waals surface area contributed by atoms with Crippen molar-refractivity contribution < 1.29 is 9.53 Å². The van der Waals surface area contributed by atoms with Crippen molar-refractivity contribution in [2.75, 3.05) is 13.7 Å². The molecule has 1 aromatic carbocycles. The van der Waals surface area contributed by atoms with E-state index in [0.29, 0.717) is 17.5 Å². The fraction of sp³-hybridized carbons (Fsp3) is 0.533. The van der Waals surface area contributed by atoms with Gasteiger partial charge in [0.15, 0.2) is 0 Å². The quantitative estimate of drug-likeness (QED) is 0.712. The molecule has 1 saturated carbocycles. The summed E-state index contributed by atoms with van der Waals surface area (Å²) in [5.74, 6) is 1.22. The molecular weight excluding hydrogens is 254 g/mol. The molecule has 0 spiro atoms. The third-order valence-corrected chi connectivity index (χ3v) is 3.84. The van der Waals surface area contributed by atoms with Gasteiger partial charge in [-0.25, -0.2) is 5.43 Å². The van der Waals surface area contributed by atoms with E-state index in [1.807, 2.05) is 0 Å². The van der Waals surface area contributed by atoms with Crippen LogP contribution in [0.25, 0.3) is 0 Å². The van der Waals surface area contributed by atoms with Gasteiger partial charge in [0.2, 0.25) is 0 Å². The van der Waals surface area contributed by atoms with E-state index >= 15 is 0 Å². The molecule has 20 heavy (non-hydrogen) atoms. The Balaban J connectivity index is 1.71. The van der Waals surface area contributed by atoms with E-state index in [9.17, 15) is 4.79 Å². The van der Waals surface area contributed by atoms with E-state index in [0.717, 1.165) is 38.0 Å². The molecule has 0 aliphatic heterocycles. The number of ether oxygens (including phenoxy) is 1. The number of rotatable bonds is 5. The number of hydrogen-bond donors (Lipinski definition) is 3. The highest BCUT2D eigenvalue weighted by Crippen LogP contribution is 2.22. The van der Waals surface area contributed by atoms with Gasteiger partial charge in [0, 0.05) is 18.2 Å². The van der Waals surface area contributed by atoms with Crippen LogP contribution in [0.5, 0.6) is 5.75 Å². The van der Waals surface area contributed by atoms with Crippen molar-refractivity contribution in [1.29, 1.82) is 0 Å². The highest BCUT2D eigenvalue weighted by Gasteiger charge is 2.18. The molecule has 0 saturated heterocycles. The van der Waals surface area contributed by atoms with Crippen LogP contribution in [0.15, 0.2) is 24.3 Å². The molecule has 0 unspecified atom stereocenters. The lowest BCUT2D eigenvalue weighted by Crippen LogP contribution is -2.41. The van der Waals surface area contributed by atoms with Gasteiger partial charge in [-0.3, -0.25) is 10.2 Å². The van der Waals surface area contributed by atoms with Crippen molar-refractivity contribution in [2.45, 2.75) is 31.7 Å². The van der Waals surface area contributed by atoms with Gasteiger partial charge in [0.25, 0.3) is 5.91 Å². The Morgan fingerprint density at radius 3 is 2.50 bits per heavy atom. The van der Waals surface area contributed by atoms with Gasteiger partial charge in [-0.2, -0.15) is 0 Å². The normalized spacial score (nSPS) is 22.3. The summed E-state index contributed by atoms with van der Waals surface area (Å²) in [4.78, 5) is 11.9. The van der Waals surface area contributed by atoms with Gasteiger partial charge >= 0.3 is 0 Å². The van der Waals surface area contributed by atoms with Crippen LogP contribution < -0.4 is 21.3 Å². The molecule has 0 atom stereocenters. The minimum atomic E-state index is -0.125. The van der Waals surface area contributed by atoms with Crippen LogP contribution in [-0.4, -0.2) is 25.6 Å². The molecule has 0 aromatic heterocycles. The predicted molar refractivity (Wildman–Crippen MR) is 78.4 cm³/mol. The summed E-state index contributed by atoms with van der Waals surface area (Å²) in [6.45, 7) is 0.800. The second kappa shape index (κ2) is 7.26. The number of hydrazine groups is 1. The Morgan fingerprint density at radius 2 is 1.90 bits per heavy atom. The number of carbonyl (C=O) groups excluding carboxylic acids is 1. The van der Waals surface area contributed by atoms with Gasteiger partial charge < -0.3 is 10.5 Å². The Hall–Kier alpha value is -1.59. The molecule has 0 heterocycles. The first-order valence-corrected chi connectivity index (χ1v) is 7.12. The predicted octanol–water partition coefficient (Wildman–Crippen LogP) is 1.45. The zero-order valence-electron chi connectivity index (χ0n) is 11.9. The van der Waals surface area contributed by atoms with Crippen molar-refractivity contribution in [1.82, 2.24) is 10.9 Å². The molecule has 1 amide bonds. The number of amides is 1. The maximum Gasteiger partial charge on any atom is 0.265 e. The molecule has 4 N–H and O–H groups in total. The molecule has 5 nitrogen and oxygen atoms in total. The average molecular weight is 277 g/mol. The number of nitrogens with one attached hydrogen (secondary N) is 2. The SMILES string of the molecule is COc1ccc(C(=O)NNCC2CCC(N)CC2)cc1. The molecule has 1 aromatic rings. The molecule has 2 rings (SSSR count). The summed E-state index contributed by atoms with van der Waals surface area (Å²) in [6, 6.07) is 7.40. The highest BCUT2D eigenvalue weighted by atomic mass is 16.5. The molecule has 0 bridgehead atoms. The number of methoxy groups -OCH3 is 1. The van der Waals surface area contributed by atoms with E-state index in [1.165, 1.54) is 0 Å². The monoisotopic (exact) mass is 277 g/mol. The van der Waals surface area contributed by atoms with Crippen molar-refractivity contribution in [3.8, 4) is 5.75 Å². The number of benzene rings is 1. The lowest BCUT2D eigenvalue weighted by molar-refractivity contribution is 0.0928. The van der Waals surface area contributed by atoms with Crippen molar-refractivity contribution in [3.05, 3.63) is 29.8 Å². The Morgan fingerprint density at radius 1 is 1.25 bits per heavy atom. The van der Waals surface area contributed by atoms with Gasteiger partial charge in [0.1, 0.15) is 5.75 Å². The summed E-state index contributed by atoms with van der Waals surface area (Å²) in [7, 11) is 1.60. The van der Waals surface area contributed by atoms with Crippen LogP contribution in [0.1, 0.15) is 36.0 Å². The van der Waals surface area contributed by atoms with Gasteiger partial charge in [-0.1, -0.05) is 0 Å². The summed E-state index contributed by atoms with van der Waals surface area (Å²) in [6.07, 6.45) is 4.43. The zero-order chi connectivity index (χ0) is 14.4. The summed E-state index contributed by atoms with van der Waals surface area (Å²) in [5.41, 5.74) is 12.2. The van der Waals surface area contributed by atoms with Gasteiger partial charge in [0.05, 0.1) is 7.11 Å². The van der Waals surface area contributed by atoms with Crippen molar-refractivity contribution >= 4 is 5.91 Å². The summed E-state index contributed by atoms with van der Waals surface area (Å²) >= 11 is 0. The summed E-state index contributed by atoms with van der Waals surface area (Å²) < 4.78 is 5.06. The van der Waals surface area contributed by atoms with E-state index in [1.54, 1.807) is 31.4 Å². The van der Waals surface area contributed by atoms with Crippen molar-refractivity contribution in [3.63, 3.8) is 0 Å². The largest absolute Gasteiger partial charge is 0.497 e. The average Bonchev–Trinajstić information content (AvgIpc) is 2.49. The van der Waals surface area contributed by atoms with Crippen LogP contribution >= 0.6 is 0 Å². The molecule has 1 fully saturated rings. The maximum atomic E-state index is 11.9. The number of carbonyl (C=O) groups is 1. The molecule has 5 heteroatoms. The van der Waals surface area contributed by atoms with Crippen LogP contribution in [0.2, 0.25) is 0 Å². The second-order valence-electron chi connectivity index (χ2n) is 5.34. The molecule has 0 radical (unpaired) electrons. The third kappa shape index (κ3) is 4.21. The second-order valence-corrected chi connectivity index (χ2v) is 5.34. The fourth-order valence-electron chi connectivity index (χ4n) is 2.48. The lowest BCUT2D eigenvalue weighted by atomic mass is 9.86. The Bertz CT molecular complexity index is 425. The van der Waals surface area contributed by atoms with Gasteiger partial charge in [-0.05, 0) is 55.9 Å². The lowest BCUT2D eigenvalue weighted by Gasteiger charge is -2.26. The van der Waals surface area contributed by atoms with E-state index < -0.39 is 0 Å². The fourth-order valence-corrected chi connectivity index (χ4v) is 2.48. The first kappa shape index (κ1) is 14.8. The van der Waals surface area contributed by atoms with E-state index in [-0.39, 0.29) is 5.91 Å². The zero-order valence-corrected chi connectivity index (χ0v) is 11.9. The highest BCUT2D eigenvalue weighted by molar-refractivity contribution is 5.93. The molecule has 110 valence electrons. The Labute approximate surface area is 119 Å². The van der Waals surface area contributed by atoms with Gasteiger partial charge in [-0.15, -0.1) is 0 Å². The standard InChI is InChI=1S/C15H23N3O2/c1-20-14-8-4-12(5-9-14)15(19)18-17-10-11-2-6-13(16)7-3-11/h4-5,8-9,11,13,17H,2-3,6-7,10,16H2,1H3,(H,18,19). The van der Waals surface area contributed by atoms with Crippen LogP contribution in [0.3, 0.4) is 0 Å².